The fourth-order valence-electron chi connectivity index (χ4n) is 6.07. The Bertz CT molecular complexity index is 1750. The summed E-state index contributed by atoms with van der Waals surface area (Å²) in [6.07, 6.45) is 3.43. The number of rotatable bonds is 6. The zero-order valence-corrected chi connectivity index (χ0v) is 27.2. The number of aromatic nitrogens is 2. The van der Waals surface area contributed by atoms with Gasteiger partial charge in [-0.2, -0.15) is 5.10 Å². The summed E-state index contributed by atoms with van der Waals surface area (Å²) in [4.78, 5) is 28.9. The fraction of sp³-hybridized carbons (Fsp3) is 0.361. The van der Waals surface area contributed by atoms with Crippen LogP contribution in [0, 0.1) is 12.8 Å². The third-order valence-electron chi connectivity index (χ3n) is 8.75. The van der Waals surface area contributed by atoms with Crippen molar-refractivity contribution in [3.8, 4) is 5.69 Å². The molecule has 9 heteroatoms. The highest BCUT2D eigenvalue weighted by Crippen LogP contribution is 2.36. The van der Waals surface area contributed by atoms with Crippen LogP contribution in [0.15, 0.2) is 72.8 Å². The van der Waals surface area contributed by atoms with Crippen LogP contribution in [0.4, 0.5) is 16.3 Å². The quantitative estimate of drug-likeness (QED) is 0.233. The van der Waals surface area contributed by atoms with Crippen LogP contribution in [-0.4, -0.2) is 62.2 Å². The second kappa shape index (κ2) is 12.8. The smallest absolute Gasteiger partial charge is 0.324 e. The number of fused-ring (bicyclic) bond motifs is 1. The zero-order chi connectivity index (χ0) is 31.7. The maximum Gasteiger partial charge on any atom is 0.324 e. The number of aryl methyl sites for hydroxylation is 1. The minimum Gasteiger partial charge on any atom is -0.616 e. The summed E-state index contributed by atoms with van der Waals surface area (Å²) in [5.41, 5.74) is 5.43. The van der Waals surface area contributed by atoms with E-state index in [1.807, 2.05) is 79.7 Å². The molecular formula is C36H41N5O3S. The molecule has 0 radical (unpaired) electrons. The van der Waals surface area contributed by atoms with Crippen LogP contribution < -0.4 is 10.6 Å². The molecule has 1 aliphatic heterocycles. The standard InChI is InChI=1S/C36H41N5O3S/c1-24-9-13-27(14-10-24)41-34(22-33(39-41)36(2,3)4)38-35(43)37-31-16-15-28(29-7-5-6-8-30(29)31)25-11-12-26(32(42)21-25)23-40-17-19-45(44)20-18-40/h5-10,13-16,21-22,26H,11-12,17-20,23H2,1-4H3,(H2,37,38,43). The first-order valence-electron chi connectivity index (χ1n) is 15.6. The second-order valence-corrected chi connectivity index (χ2v) is 14.8. The molecule has 0 spiro atoms. The number of allylic oxidation sites excluding steroid dienone is 2. The van der Waals surface area contributed by atoms with Crippen LogP contribution >= 0.6 is 0 Å². The van der Waals surface area contributed by atoms with E-state index in [2.05, 4.69) is 36.3 Å². The van der Waals surface area contributed by atoms with Crippen LogP contribution in [0.5, 0.6) is 0 Å². The lowest BCUT2D eigenvalue weighted by atomic mass is 9.84. The highest BCUT2D eigenvalue weighted by atomic mass is 32.2. The third-order valence-corrected chi connectivity index (χ3v) is 10.0. The van der Waals surface area contributed by atoms with Crippen molar-refractivity contribution in [2.75, 3.05) is 41.8 Å². The molecule has 0 saturated carbocycles. The van der Waals surface area contributed by atoms with Gasteiger partial charge in [0.15, 0.2) is 5.78 Å². The van der Waals surface area contributed by atoms with Crippen molar-refractivity contribution in [2.24, 2.45) is 5.92 Å². The molecule has 2 heterocycles. The minimum atomic E-state index is -0.722. The Kier molecular flexibility index (Phi) is 8.86. The predicted molar refractivity (Wildman–Crippen MR) is 184 cm³/mol. The van der Waals surface area contributed by atoms with E-state index in [1.54, 1.807) is 4.68 Å². The first-order chi connectivity index (χ1) is 21.5. The number of anilines is 2. The number of nitrogens with zero attached hydrogens (tertiary/aromatic N) is 3. The lowest BCUT2D eigenvalue weighted by Gasteiger charge is -2.31. The van der Waals surface area contributed by atoms with E-state index in [-0.39, 0.29) is 23.1 Å². The number of urea groups is 1. The van der Waals surface area contributed by atoms with Crippen LogP contribution in [0.3, 0.4) is 0 Å². The molecule has 4 aromatic rings. The molecule has 0 bridgehead atoms. The van der Waals surface area contributed by atoms with E-state index >= 15 is 0 Å². The molecule has 234 valence electrons. The Hall–Kier alpha value is -3.92. The minimum absolute atomic E-state index is 0.0247. The number of nitrogens with one attached hydrogen (secondary N) is 2. The number of benzene rings is 3. The largest absolute Gasteiger partial charge is 0.616 e. The topological polar surface area (TPSA) is 102 Å². The van der Waals surface area contributed by atoms with Gasteiger partial charge in [0.1, 0.15) is 17.3 Å². The molecule has 1 unspecified atom stereocenters. The lowest BCUT2D eigenvalue weighted by molar-refractivity contribution is -0.119. The Balaban J connectivity index is 1.21. The van der Waals surface area contributed by atoms with Gasteiger partial charge in [0.2, 0.25) is 0 Å². The van der Waals surface area contributed by atoms with Crippen LogP contribution in [-0.2, 0) is 21.4 Å². The van der Waals surface area contributed by atoms with Crippen molar-refractivity contribution in [3.05, 3.63) is 89.6 Å². The Labute approximate surface area is 268 Å². The van der Waals surface area contributed by atoms with Crippen LogP contribution in [0.25, 0.3) is 22.0 Å². The molecule has 6 rings (SSSR count). The highest BCUT2D eigenvalue weighted by molar-refractivity contribution is 7.91. The summed E-state index contributed by atoms with van der Waals surface area (Å²) in [6.45, 7) is 10.7. The summed E-state index contributed by atoms with van der Waals surface area (Å²) >= 11 is -0.722. The van der Waals surface area contributed by atoms with Gasteiger partial charge in [0.05, 0.1) is 17.1 Å². The summed E-state index contributed by atoms with van der Waals surface area (Å²) in [5, 5.41) is 12.8. The number of ketones is 1. The van der Waals surface area contributed by atoms with Gasteiger partial charge in [0, 0.05) is 42.4 Å². The average Bonchev–Trinajstić information content (AvgIpc) is 3.44. The molecule has 1 aliphatic carbocycles. The molecule has 45 heavy (non-hydrogen) atoms. The average molecular weight is 624 g/mol. The lowest BCUT2D eigenvalue weighted by Crippen LogP contribution is -2.44. The van der Waals surface area contributed by atoms with Gasteiger partial charge in [-0.05, 0) is 60.6 Å². The molecule has 8 nitrogen and oxygen atoms in total. The number of carbonyl (C=O) groups excluding carboxylic acids is 2. The SMILES string of the molecule is Cc1ccc(-n2nc(C(C)(C)C)cc2NC(=O)Nc2ccc(C3=CC(=O)C(CN4CC[S+]([O-])CC4)CC3)c3ccccc23)cc1. The van der Waals surface area contributed by atoms with E-state index in [9.17, 15) is 14.1 Å². The van der Waals surface area contributed by atoms with Crippen LogP contribution in [0.2, 0.25) is 0 Å². The van der Waals surface area contributed by atoms with Crippen molar-refractivity contribution in [1.29, 1.82) is 0 Å². The highest BCUT2D eigenvalue weighted by Gasteiger charge is 2.29. The van der Waals surface area contributed by atoms with Gasteiger partial charge in [0.25, 0.3) is 0 Å². The zero-order valence-electron chi connectivity index (χ0n) is 26.4. The first-order valence-corrected chi connectivity index (χ1v) is 17.1. The molecule has 1 atom stereocenters. The Morgan fingerprint density at radius 2 is 1.71 bits per heavy atom. The molecule has 1 fully saturated rings. The molecule has 2 amide bonds. The van der Waals surface area contributed by atoms with Crippen LogP contribution in [0.1, 0.15) is 50.4 Å². The maximum atomic E-state index is 13.4. The summed E-state index contributed by atoms with van der Waals surface area (Å²) < 4.78 is 13.5. The summed E-state index contributed by atoms with van der Waals surface area (Å²) in [6, 6.07) is 21.5. The predicted octanol–water partition coefficient (Wildman–Crippen LogP) is 6.70. The number of carbonyl (C=O) groups is 2. The van der Waals surface area contributed by atoms with Crippen molar-refractivity contribution in [2.45, 2.75) is 46.0 Å². The van der Waals surface area contributed by atoms with Crippen molar-refractivity contribution < 1.29 is 14.1 Å². The van der Waals surface area contributed by atoms with Crippen molar-refractivity contribution in [3.63, 3.8) is 0 Å². The van der Waals surface area contributed by atoms with E-state index in [4.69, 9.17) is 5.10 Å². The Morgan fingerprint density at radius 1 is 1.00 bits per heavy atom. The van der Waals surface area contributed by atoms with E-state index < -0.39 is 11.2 Å². The van der Waals surface area contributed by atoms with Gasteiger partial charge in [-0.15, -0.1) is 0 Å². The van der Waals surface area contributed by atoms with Gasteiger partial charge in [-0.1, -0.05) is 80.0 Å². The van der Waals surface area contributed by atoms with Gasteiger partial charge < -0.3 is 9.87 Å². The number of hydrogen-bond acceptors (Lipinski definition) is 5. The third kappa shape index (κ3) is 7.01. The van der Waals surface area contributed by atoms with Gasteiger partial charge >= 0.3 is 6.03 Å². The number of amides is 2. The molecule has 2 N–H and O–H groups in total. The van der Waals surface area contributed by atoms with Gasteiger partial charge in [-0.25, -0.2) is 9.48 Å². The normalized spacial score (nSPS) is 18.2. The van der Waals surface area contributed by atoms with E-state index in [1.165, 1.54) is 0 Å². The molecule has 1 aromatic heterocycles. The molecule has 2 aliphatic rings. The molecular weight excluding hydrogens is 582 g/mol. The van der Waals surface area contributed by atoms with Crippen molar-refractivity contribution >= 4 is 50.8 Å². The molecule has 1 saturated heterocycles. The Morgan fingerprint density at radius 3 is 2.40 bits per heavy atom. The molecule has 3 aromatic carbocycles. The fourth-order valence-corrected chi connectivity index (χ4v) is 7.20. The van der Waals surface area contributed by atoms with Gasteiger partial charge in [-0.3, -0.25) is 15.0 Å². The maximum absolute atomic E-state index is 13.4. The summed E-state index contributed by atoms with van der Waals surface area (Å²) in [5.74, 6) is 2.11. The van der Waals surface area contributed by atoms with E-state index in [0.29, 0.717) is 23.0 Å². The van der Waals surface area contributed by atoms with E-state index in [0.717, 1.165) is 71.3 Å². The monoisotopic (exact) mass is 623 g/mol. The number of hydrogen-bond donors (Lipinski definition) is 2. The second-order valence-electron chi connectivity index (χ2n) is 13.2. The van der Waals surface area contributed by atoms with Crippen molar-refractivity contribution in [1.82, 2.24) is 14.7 Å². The first kappa shape index (κ1) is 31.1. The summed E-state index contributed by atoms with van der Waals surface area (Å²) in [7, 11) is 0.